The van der Waals surface area contributed by atoms with E-state index < -0.39 is 0 Å². The first-order valence-electron chi connectivity index (χ1n) is 15.9. The van der Waals surface area contributed by atoms with Gasteiger partial charge >= 0.3 is 0 Å². The SMILES string of the molecule is c1cc(-c2ccccc2-c2ccc3ccccc3c2)cc(-c2c3ccccc3c(-c3ccc4ccccc4c3)c3ccccc23)c1. The van der Waals surface area contributed by atoms with Crippen molar-refractivity contribution in [3.05, 3.63) is 182 Å². The Bertz CT molecular complexity index is 2530. The Morgan fingerprint density at radius 3 is 1.13 bits per heavy atom. The van der Waals surface area contributed by atoms with Crippen LogP contribution in [0.3, 0.4) is 0 Å². The molecule has 9 aromatic rings. The van der Waals surface area contributed by atoms with E-state index in [0.29, 0.717) is 0 Å². The predicted octanol–water partition coefficient (Wildman–Crippen LogP) is 13.0. The number of hydrogen-bond acceptors (Lipinski definition) is 0. The molecule has 0 nitrogen and oxygen atoms in total. The quantitative estimate of drug-likeness (QED) is 0.181. The van der Waals surface area contributed by atoms with Crippen LogP contribution in [0.2, 0.25) is 0 Å². The van der Waals surface area contributed by atoms with E-state index in [2.05, 4.69) is 182 Å². The summed E-state index contributed by atoms with van der Waals surface area (Å²) in [5.41, 5.74) is 9.97. The lowest BCUT2D eigenvalue weighted by molar-refractivity contribution is 1.59. The molecule has 0 saturated heterocycles. The third-order valence-electron chi connectivity index (χ3n) is 9.42. The maximum Gasteiger partial charge on any atom is -0.00262 e. The maximum absolute atomic E-state index is 2.38. The Kier molecular flexibility index (Phi) is 6.25. The molecular formula is C46H30. The zero-order chi connectivity index (χ0) is 30.5. The van der Waals surface area contributed by atoms with Gasteiger partial charge in [-0.15, -0.1) is 0 Å². The molecule has 9 rings (SSSR count). The Morgan fingerprint density at radius 2 is 0.587 bits per heavy atom. The van der Waals surface area contributed by atoms with Gasteiger partial charge in [0.2, 0.25) is 0 Å². The van der Waals surface area contributed by atoms with E-state index in [4.69, 9.17) is 0 Å². The summed E-state index contributed by atoms with van der Waals surface area (Å²) in [6, 6.07) is 66.6. The van der Waals surface area contributed by atoms with Crippen molar-refractivity contribution in [1.82, 2.24) is 0 Å². The van der Waals surface area contributed by atoms with Crippen molar-refractivity contribution in [3.63, 3.8) is 0 Å². The van der Waals surface area contributed by atoms with E-state index in [0.717, 1.165) is 0 Å². The molecule has 0 aromatic heterocycles. The monoisotopic (exact) mass is 582 g/mol. The fourth-order valence-electron chi connectivity index (χ4n) is 7.28. The average Bonchev–Trinajstić information content (AvgIpc) is 3.13. The first-order chi connectivity index (χ1) is 22.8. The van der Waals surface area contributed by atoms with Crippen molar-refractivity contribution in [1.29, 1.82) is 0 Å². The highest BCUT2D eigenvalue weighted by Gasteiger charge is 2.17. The maximum atomic E-state index is 2.38. The molecule has 0 fully saturated rings. The summed E-state index contributed by atoms with van der Waals surface area (Å²) < 4.78 is 0. The van der Waals surface area contributed by atoms with Crippen LogP contribution in [-0.4, -0.2) is 0 Å². The molecule has 0 aliphatic rings. The minimum absolute atomic E-state index is 1.22. The normalized spacial score (nSPS) is 11.5. The van der Waals surface area contributed by atoms with E-state index in [1.165, 1.54) is 87.6 Å². The molecule has 0 radical (unpaired) electrons. The smallest absolute Gasteiger partial charge is 0.00262 e. The lowest BCUT2D eigenvalue weighted by atomic mass is 9.84. The van der Waals surface area contributed by atoms with Gasteiger partial charge in [0, 0.05) is 0 Å². The number of benzene rings is 9. The van der Waals surface area contributed by atoms with E-state index in [1.807, 2.05) is 0 Å². The lowest BCUT2D eigenvalue weighted by Crippen LogP contribution is -1.92. The Hall–Kier alpha value is -5.98. The van der Waals surface area contributed by atoms with Crippen LogP contribution in [0.1, 0.15) is 0 Å². The van der Waals surface area contributed by atoms with Gasteiger partial charge in [0.15, 0.2) is 0 Å². The van der Waals surface area contributed by atoms with Crippen LogP contribution in [0, 0.1) is 0 Å². The standard InChI is InChI=1S/C46H30/c1-3-14-33-28-36(26-24-31(33)12-1)40-19-6-5-18-39(40)35-16-11-17-37(30-35)45-41-20-7-9-22-43(41)46(44-23-10-8-21-42(44)45)38-27-25-32-13-2-4-15-34(32)29-38/h1-30H. The molecule has 0 aliphatic carbocycles. The minimum atomic E-state index is 1.22. The lowest BCUT2D eigenvalue weighted by Gasteiger charge is -2.19. The van der Waals surface area contributed by atoms with Gasteiger partial charge in [-0.3, -0.25) is 0 Å². The Morgan fingerprint density at radius 1 is 0.217 bits per heavy atom. The van der Waals surface area contributed by atoms with Crippen molar-refractivity contribution in [2.45, 2.75) is 0 Å². The van der Waals surface area contributed by atoms with E-state index in [-0.39, 0.29) is 0 Å². The fraction of sp³-hybridized carbons (Fsp3) is 0. The summed E-state index contributed by atoms with van der Waals surface area (Å²) in [6.07, 6.45) is 0. The van der Waals surface area contributed by atoms with Crippen LogP contribution < -0.4 is 0 Å². The second kappa shape index (κ2) is 10.9. The van der Waals surface area contributed by atoms with Crippen molar-refractivity contribution in [3.8, 4) is 44.5 Å². The van der Waals surface area contributed by atoms with Gasteiger partial charge in [0.25, 0.3) is 0 Å². The molecule has 0 heterocycles. The van der Waals surface area contributed by atoms with Gasteiger partial charge < -0.3 is 0 Å². The van der Waals surface area contributed by atoms with Crippen LogP contribution in [-0.2, 0) is 0 Å². The predicted molar refractivity (Wildman–Crippen MR) is 198 cm³/mol. The topological polar surface area (TPSA) is 0 Å². The summed E-state index contributed by atoms with van der Waals surface area (Å²) >= 11 is 0. The zero-order valence-electron chi connectivity index (χ0n) is 25.3. The van der Waals surface area contributed by atoms with Gasteiger partial charge in [-0.2, -0.15) is 0 Å². The molecular weight excluding hydrogens is 553 g/mol. The molecule has 0 heteroatoms. The van der Waals surface area contributed by atoms with E-state index >= 15 is 0 Å². The molecule has 0 aliphatic heterocycles. The second-order valence-electron chi connectivity index (χ2n) is 12.1. The van der Waals surface area contributed by atoms with Gasteiger partial charge in [0.05, 0.1) is 0 Å². The Labute approximate surface area is 268 Å². The molecule has 46 heavy (non-hydrogen) atoms. The first kappa shape index (κ1) is 26.4. The van der Waals surface area contributed by atoms with E-state index in [9.17, 15) is 0 Å². The summed E-state index contributed by atoms with van der Waals surface area (Å²) in [5.74, 6) is 0. The summed E-state index contributed by atoms with van der Waals surface area (Å²) in [7, 11) is 0. The summed E-state index contributed by atoms with van der Waals surface area (Å²) in [5, 5.41) is 10.1. The minimum Gasteiger partial charge on any atom is -0.0616 e. The average molecular weight is 583 g/mol. The molecule has 214 valence electrons. The van der Waals surface area contributed by atoms with Crippen molar-refractivity contribution < 1.29 is 0 Å². The van der Waals surface area contributed by atoms with Crippen molar-refractivity contribution in [2.75, 3.05) is 0 Å². The third-order valence-corrected chi connectivity index (χ3v) is 9.42. The van der Waals surface area contributed by atoms with Crippen LogP contribution in [0.4, 0.5) is 0 Å². The zero-order valence-corrected chi connectivity index (χ0v) is 25.3. The van der Waals surface area contributed by atoms with Crippen molar-refractivity contribution in [2.24, 2.45) is 0 Å². The summed E-state index contributed by atoms with van der Waals surface area (Å²) in [6.45, 7) is 0. The largest absolute Gasteiger partial charge is 0.0616 e. The van der Waals surface area contributed by atoms with Crippen LogP contribution in [0.5, 0.6) is 0 Å². The van der Waals surface area contributed by atoms with Crippen LogP contribution in [0.15, 0.2) is 182 Å². The number of hydrogen-bond donors (Lipinski definition) is 0. The highest BCUT2D eigenvalue weighted by Crippen LogP contribution is 2.45. The Balaban J connectivity index is 1.26. The highest BCUT2D eigenvalue weighted by molar-refractivity contribution is 6.21. The number of rotatable bonds is 4. The molecule has 0 amide bonds. The molecule has 0 bridgehead atoms. The molecule has 0 unspecified atom stereocenters. The van der Waals surface area contributed by atoms with Crippen molar-refractivity contribution >= 4 is 43.1 Å². The molecule has 0 spiro atoms. The summed E-state index contributed by atoms with van der Waals surface area (Å²) in [4.78, 5) is 0. The second-order valence-corrected chi connectivity index (χ2v) is 12.1. The van der Waals surface area contributed by atoms with Crippen LogP contribution in [0.25, 0.3) is 87.6 Å². The number of fused-ring (bicyclic) bond motifs is 4. The van der Waals surface area contributed by atoms with Gasteiger partial charge in [0.1, 0.15) is 0 Å². The highest BCUT2D eigenvalue weighted by atomic mass is 14.2. The molecule has 0 N–H and O–H groups in total. The molecule has 9 aromatic carbocycles. The van der Waals surface area contributed by atoms with E-state index in [1.54, 1.807) is 0 Å². The molecule has 0 saturated carbocycles. The van der Waals surface area contributed by atoms with Gasteiger partial charge in [-0.05, 0) is 106 Å². The fourth-order valence-corrected chi connectivity index (χ4v) is 7.28. The van der Waals surface area contributed by atoms with Crippen LogP contribution >= 0.6 is 0 Å². The first-order valence-corrected chi connectivity index (χ1v) is 15.9. The van der Waals surface area contributed by atoms with Gasteiger partial charge in [-0.25, -0.2) is 0 Å². The molecule has 0 atom stereocenters. The third kappa shape index (κ3) is 4.38. The van der Waals surface area contributed by atoms with Gasteiger partial charge in [-0.1, -0.05) is 164 Å².